The van der Waals surface area contributed by atoms with E-state index >= 15 is 0 Å². The number of hydrogen-bond donors (Lipinski definition) is 0. The first-order chi connectivity index (χ1) is 8.36. The lowest BCUT2D eigenvalue weighted by atomic mass is 10.1. The van der Waals surface area contributed by atoms with Gasteiger partial charge in [-0.25, -0.2) is 9.97 Å². The zero-order valence-electron chi connectivity index (χ0n) is 11.8. The van der Waals surface area contributed by atoms with Crippen molar-refractivity contribution in [1.82, 2.24) is 9.97 Å². The Morgan fingerprint density at radius 1 is 1.22 bits per heavy atom. The maximum atomic E-state index is 8.59. The van der Waals surface area contributed by atoms with Gasteiger partial charge in [0.05, 0.1) is 12.5 Å². The number of anilines is 2. The van der Waals surface area contributed by atoms with Crippen LogP contribution in [0.1, 0.15) is 27.2 Å². The second-order valence-corrected chi connectivity index (χ2v) is 5.29. The van der Waals surface area contributed by atoms with Crippen molar-refractivity contribution in [2.24, 2.45) is 0 Å². The fraction of sp³-hybridized carbons (Fsp3) is 0.615. The highest BCUT2D eigenvalue weighted by molar-refractivity contribution is 5.50. The summed E-state index contributed by atoms with van der Waals surface area (Å²) < 4.78 is 0. The molecule has 5 heteroatoms. The van der Waals surface area contributed by atoms with Gasteiger partial charge < -0.3 is 9.80 Å². The van der Waals surface area contributed by atoms with E-state index in [1.54, 1.807) is 6.33 Å². The van der Waals surface area contributed by atoms with Crippen LogP contribution in [0.2, 0.25) is 0 Å². The van der Waals surface area contributed by atoms with Crippen LogP contribution in [0.4, 0.5) is 11.6 Å². The van der Waals surface area contributed by atoms with Gasteiger partial charge in [0.1, 0.15) is 18.0 Å². The summed E-state index contributed by atoms with van der Waals surface area (Å²) in [5, 5.41) is 8.59. The first-order valence-electron chi connectivity index (χ1n) is 6.00. The van der Waals surface area contributed by atoms with Crippen LogP contribution >= 0.6 is 0 Å². The number of nitriles is 1. The van der Waals surface area contributed by atoms with Crippen molar-refractivity contribution < 1.29 is 0 Å². The normalized spacial score (nSPS) is 10.9. The molecule has 0 aromatic carbocycles. The van der Waals surface area contributed by atoms with Crippen molar-refractivity contribution in [2.75, 3.05) is 30.4 Å². The summed E-state index contributed by atoms with van der Waals surface area (Å²) in [7, 11) is 3.95. The molecule has 5 nitrogen and oxygen atoms in total. The Bertz CT molecular complexity index is 430. The summed E-state index contributed by atoms with van der Waals surface area (Å²) in [5.41, 5.74) is 0.0108. The molecule has 1 aromatic rings. The predicted molar refractivity (Wildman–Crippen MR) is 73.7 cm³/mol. The minimum absolute atomic E-state index is 0.0108. The second kappa shape index (κ2) is 5.67. The quantitative estimate of drug-likeness (QED) is 0.815. The Hall–Kier alpha value is -1.83. The molecular formula is C13H21N5. The molecule has 18 heavy (non-hydrogen) atoms. The molecule has 1 aromatic heterocycles. The van der Waals surface area contributed by atoms with Gasteiger partial charge in [0.15, 0.2) is 0 Å². The van der Waals surface area contributed by atoms with Gasteiger partial charge in [-0.15, -0.1) is 0 Å². The average molecular weight is 247 g/mol. The van der Waals surface area contributed by atoms with Crippen LogP contribution in [0.5, 0.6) is 0 Å². The van der Waals surface area contributed by atoms with E-state index in [0.29, 0.717) is 13.0 Å². The van der Waals surface area contributed by atoms with Crippen molar-refractivity contribution in [1.29, 1.82) is 5.26 Å². The number of aromatic nitrogens is 2. The van der Waals surface area contributed by atoms with E-state index in [1.165, 1.54) is 0 Å². The molecule has 0 unspecified atom stereocenters. The first-order valence-corrected chi connectivity index (χ1v) is 6.00. The lowest BCUT2D eigenvalue weighted by Gasteiger charge is -2.33. The van der Waals surface area contributed by atoms with E-state index in [2.05, 4.69) is 41.7 Å². The van der Waals surface area contributed by atoms with Crippen molar-refractivity contribution in [3.8, 4) is 6.07 Å². The second-order valence-electron chi connectivity index (χ2n) is 5.29. The minimum atomic E-state index is 0.0108. The monoisotopic (exact) mass is 247 g/mol. The van der Waals surface area contributed by atoms with E-state index < -0.39 is 0 Å². The molecule has 0 spiro atoms. The van der Waals surface area contributed by atoms with Crippen LogP contribution in [-0.4, -0.2) is 36.1 Å². The summed E-state index contributed by atoms with van der Waals surface area (Å²) in [5.74, 6) is 1.72. The summed E-state index contributed by atoms with van der Waals surface area (Å²) in [6.07, 6.45) is 2.06. The van der Waals surface area contributed by atoms with Crippen molar-refractivity contribution in [3.63, 3.8) is 0 Å². The first kappa shape index (κ1) is 14.2. The predicted octanol–water partition coefficient (Wildman–Crippen LogP) is 2.06. The molecule has 98 valence electrons. The van der Waals surface area contributed by atoms with Gasteiger partial charge in [0.2, 0.25) is 0 Å². The van der Waals surface area contributed by atoms with Gasteiger partial charge in [-0.05, 0) is 20.8 Å². The Morgan fingerprint density at radius 2 is 1.83 bits per heavy atom. The third-order valence-electron chi connectivity index (χ3n) is 2.94. The van der Waals surface area contributed by atoms with Gasteiger partial charge in [-0.1, -0.05) is 0 Å². The average Bonchev–Trinajstić information content (AvgIpc) is 2.34. The molecule has 1 rings (SSSR count). The van der Waals surface area contributed by atoms with Crippen LogP contribution in [0, 0.1) is 11.3 Å². The van der Waals surface area contributed by atoms with Crippen LogP contribution in [-0.2, 0) is 0 Å². The van der Waals surface area contributed by atoms with Gasteiger partial charge >= 0.3 is 0 Å². The molecule has 0 fully saturated rings. The lowest BCUT2D eigenvalue weighted by molar-refractivity contribution is 0.533. The van der Waals surface area contributed by atoms with Crippen molar-refractivity contribution in [3.05, 3.63) is 12.4 Å². The summed E-state index contributed by atoms with van der Waals surface area (Å²) >= 11 is 0. The SMILES string of the molecule is CN(CCC#N)c1cc(N(C)C(C)(C)C)ncn1. The van der Waals surface area contributed by atoms with Crippen LogP contribution < -0.4 is 9.80 Å². The molecule has 0 atom stereocenters. The Balaban J connectivity index is 2.89. The number of rotatable bonds is 4. The standard InChI is InChI=1S/C13H21N5/c1-13(2,3)18(5)12-9-11(15-10-16-12)17(4)8-6-7-14/h9-10H,6,8H2,1-5H3. The third kappa shape index (κ3) is 3.59. The molecule has 0 radical (unpaired) electrons. The maximum absolute atomic E-state index is 8.59. The molecule has 0 aliphatic carbocycles. The topological polar surface area (TPSA) is 56.1 Å². The Labute approximate surface area is 109 Å². The van der Waals surface area contributed by atoms with E-state index in [-0.39, 0.29) is 5.54 Å². The van der Waals surface area contributed by atoms with Crippen molar-refractivity contribution >= 4 is 11.6 Å². The third-order valence-corrected chi connectivity index (χ3v) is 2.94. The molecule has 0 saturated heterocycles. The minimum Gasteiger partial charge on any atom is -0.358 e. The van der Waals surface area contributed by atoms with Crippen LogP contribution in [0.3, 0.4) is 0 Å². The summed E-state index contributed by atoms with van der Waals surface area (Å²) in [4.78, 5) is 12.6. The highest BCUT2D eigenvalue weighted by atomic mass is 15.2. The Morgan fingerprint density at radius 3 is 2.39 bits per heavy atom. The molecule has 0 bridgehead atoms. The van der Waals surface area contributed by atoms with E-state index in [0.717, 1.165) is 11.6 Å². The summed E-state index contributed by atoms with van der Waals surface area (Å²) in [6.45, 7) is 7.07. The zero-order valence-corrected chi connectivity index (χ0v) is 11.8. The maximum Gasteiger partial charge on any atom is 0.134 e. The molecule has 0 amide bonds. The number of hydrogen-bond acceptors (Lipinski definition) is 5. The smallest absolute Gasteiger partial charge is 0.134 e. The van der Waals surface area contributed by atoms with E-state index in [4.69, 9.17) is 5.26 Å². The van der Waals surface area contributed by atoms with Gasteiger partial charge in [-0.2, -0.15) is 5.26 Å². The Kier molecular flexibility index (Phi) is 4.49. The zero-order chi connectivity index (χ0) is 13.8. The van der Waals surface area contributed by atoms with Crippen molar-refractivity contribution in [2.45, 2.75) is 32.7 Å². The molecular weight excluding hydrogens is 226 g/mol. The lowest BCUT2D eigenvalue weighted by Crippen LogP contribution is -2.38. The fourth-order valence-corrected chi connectivity index (χ4v) is 1.41. The van der Waals surface area contributed by atoms with Gasteiger partial charge in [0, 0.05) is 32.2 Å². The molecule has 0 N–H and O–H groups in total. The number of nitrogens with zero attached hydrogens (tertiary/aromatic N) is 5. The van der Waals surface area contributed by atoms with Crippen LogP contribution in [0.15, 0.2) is 12.4 Å². The van der Waals surface area contributed by atoms with Gasteiger partial charge in [0.25, 0.3) is 0 Å². The molecule has 0 aliphatic heterocycles. The highest BCUT2D eigenvalue weighted by Crippen LogP contribution is 2.22. The highest BCUT2D eigenvalue weighted by Gasteiger charge is 2.19. The molecule has 0 saturated carbocycles. The van der Waals surface area contributed by atoms with Crippen LogP contribution in [0.25, 0.3) is 0 Å². The van der Waals surface area contributed by atoms with Gasteiger partial charge in [-0.3, -0.25) is 0 Å². The summed E-state index contributed by atoms with van der Waals surface area (Å²) in [6, 6.07) is 4.08. The van der Waals surface area contributed by atoms with E-state index in [1.807, 2.05) is 25.1 Å². The largest absolute Gasteiger partial charge is 0.358 e. The molecule has 0 aliphatic rings. The fourth-order valence-electron chi connectivity index (χ4n) is 1.41. The molecule has 1 heterocycles. The van der Waals surface area contributed by atoms with E-state index in [9.17, 15) is 0 Å².